The molecular weight excluding hydrogens is 434 g/mol. The van der Waals surface area contributed by atoms with Crippen molar-refractivity contribution in [1.82, 2.24) is 15.6 Å². The summed E-state index contributed by atoms with van der Waals surface area (Å²) >= 11 is 0. The van der Waals surface area contributed by atoms with Gasteiger partial charge in [-0.3, -0.25) is 9.59 Å². The molecule has 1 heterocycles. The summed E-state index contributed by atoms with van der Waals surface area (Å²) < 4.78 is 5.49. The topological polar surface area (TPSA) is 122 Å². The smallest absolute Gasteiger partial charge is 0.405 e. The highest BCUT2D eigenvalue weighted by molar-refractivity contribution is 5.99. The Morgan fingerprint density at radius 2 is 1.85 bits per heavy atom. The first-order valence-electron chi connectivity index (χ1n) is 11.5. The number of oxazole rings is 1. The number of aryl methyl sites for hydroxylation is 1. The molecule has 0 saturated heterocycles. The Balaban J connectivity index is 1.79. The third-order valence-corrected chi connectivity index (χ3v) is 5.52. The van der Waals surface area contributed by atoms with Crippen LogP contribution in [0.5, 0.6) is 0 Å². The van der Waals surface area contributed by atoms with Crippen LogP contribution in [-0.4, -0.2) is 40.0 Å². The van der Waals surface area contributed by atoms with Gasteiger partial charge in [-0.05, 0) is 49.2 Å². The van der Waals surface area contributed by atoms with Crippen LogP contribution in [-0.2, 0) is 11.2 Å². The Kier molecular flexibility index (Phi) is 8.79. The van der Waals surface area contributed by atoms with Gasteiger partial charge >= 0.3 is 6.09 Å². The van der Waals surface area contributed by atoms with Crippen LogP contribution in [0.4, 0.5) is 4.79 Å². The highest BCUT2D eigenvalue weighted by Crippen LogP contribution is 2.21. The van der Waals surface area contributed by atoms with Crippen LogP contribution >= 0.6 is 0 Å². The molecule has 0 fully saturated rings. The lowest BCUT2D eigenvalue weighted by molar-refractivity contribution is -0.124. The summed E-state index contributed by atoms with van der Waals surface area (Å²) in [4.78, 5) is 41.9. The molecule has 3 rings (SSSR count). The number of hydrogen-bond donors (Lipinski definition) is 3. The summed E-state index contributed by atoms with van der Waals surface area (Å²) in [5, 5.41) is 14.1. The second-order valence-electron chi connectivity index (χ2n) is 8.76. The summed E-state index contributed by atoms with van der Waals surface area (Å²) in [5.74, 6) is -1.01. The number of ketones is 1. The van der Waals surface area contributed by atoms with E-state index in [1.54, 1.807) is 0 Å². The van der Waals surface area contributed by atoms with Crippen LogP contribution in [0.25, 0.3) is 5.57 Å². The van der Waals surface area contributed by atoms with Gasteiger partial charge < -0.3 is 20.2 Å². The fourth-order valence-corrected chi connectivity index (χ4v) is 3.82. The molecule has 8 heteroatoms. The van der Waals surface area contributed by atoms with Crippen LogP contribution in [0.1, 0.15) is 61.5 Å². The van der Waals surface area contributed by atoms with Gasteiger partial charge in [-0.15, -0.1) is 0 Å². The van der Waals surface area contributed by atoms with Gasteiger partial charge in [0.05, 0.1) is 6.04 Å². The average Bonchev–Trinajstić information content (AvgIpc) is 3.32. The molecule has 0 aliphatic heterocycles. The molecule has 8 nitrogen and oxygen atoms in total. The van der Waals surface area contributed by atoms with Crippen molar-refractivity contribution in [3.05, 3.63) is 72.0 Å². The molecule has 1 aliphatic carbocycles. The molecule has 34 heavy (non-hydrogen) atoms. The highest BCUT2D eigenvalue weighted by atomic mass is 16.4. The number of rotatable bonds is 11. The Morgan fingerprint density at radius 3 is 2.50 bits per heavy atom. The minimum atomic E-state index is -1.29. The van der Waals surface area contributed by atoms with Crippen molar-refractivity contribution in [3.8, 4) is 0 Å². The van der Waals surface area contributed by atoms with E-state index >= 15 is 0 Å². The third kappa shape index (κ3) is 7.16. The Hall–Kier alpha value is -3.68. The van der Waals surface area contributed by atoms with Crippen molar-refractivity contribution in [2.75, 3.05) is 0 Å². The number of nitrogens with zero attached hydrogens (tertiary/aromatic N) is 1. The average molecular weight is 466 g/mol. The number of carbonyl (C=O) groups excluding carboxylic acids is 2. The predicted molar refractivity (Wildman–Crippen MR) is 128 cm³/mol. The number of carboxylic acid groups (broad SMARTS) is 1. The summed E-state index contributed by atoms with van der Waals surface area (Å²) in [5.41, 5.74) is 2.47. The van der Waals surface area contributed by atoms with E-state index in [0.29, 0.717) is 25.0 Å². The van der Waals surface area contributed by atoms with E-state index in [4.69, 9.17) is 9.52 Å². The number of allylic oxidation sites excluding steroid dienone is 4. The molecule has 1 aromatic carbocycles. The van der Waals surface area contributed by atoms with E-state index in [-0.39, 0.29) is 11.8 Å². The maximum atomic E-state index is 13.3. The fourth-order valence-electron chi connectivity index (χ4n) is 3.82. The maximum Gasteiger partial charge on any atom is 0.405 e. The van der Waals surface area contributed by atoms with Crippen molar-refractivity contribution in [2.45, 2.75) is 58.0 Å². The molecule has 1 aromatic heterocycles. The molecule has 2 atom stereocenters. The lowest BCUT2D eigenvalue weighted by atomic mass is 9.99. The summed E-state index contributed by atoms with van der Waals surface area (Å²) in [6.45, 7) is 3.79. The predicted octanol–water partition coefficient (Wildman–Crippen LogP) is 4.39. The van der Waals surface area contributed by atoms with Crippen molar-refractivity contribution in [2.24, 2.45) is 5.92 Å². The SMILES string of the molecule is CC(C)CC(NC(=O)O)C(=O)NC(CCc1ccccc1)C(=O)c1nc(C2=CCCC=C2)co1. The van der Waals surface area contributed by atoms with Gasteiger partial charge in [0.15, 0.2) is 0 Å². The maximum absolute atomic E-state index is 13.3. The molecular formula is C26H31N3O5. The largest absolute Gasteiger partial charge is 0.465 e. The van der Waals surface area contributed by atoms with Crippen molar-refractivity contribution in [1.29, 1.82) is 0 Å². The molecule has 0 saturated carbocycles. The molecule has 3 N–H and O–H groups in total. The first-order chi connectivity index (χ1) is 16.3. The van der Waals surface area contributed by atoms with Crippen molar-refractivity contribution in [3.63, 3.8) is 0 Å². The third-order valence-electron chi connectivity index (χ3n) is 5.52. The minimum Gasteiger partial charge on any atom is -0.465 e. The van der Waals surface area contributed by atoms with E-state index in [1.165, 1.54) is 6.26 Å². The second kappa shape index (κ2) is 12.0. The second-order valence-corrected chi connectivity index (χ2v) is 8.76. The van der Waals surface area contributed by atoms with E-state index in [2.05, 4.69) is 15.6 Å². The summed E-state index contributed by atoms with van der Waals surface area (Å²) in [7, 11) is 0. The van der Waals surface area contributed by atoms with E-state index in [9.17, 15) is 14.4 Å². The van der Waals surface area contributed by atoms with Crippen LogP contribution in [0.15, 0.2) is 59.2 Å². The number of amides is 2. The molecule has 180 valence electrons. The quantitative estimate of drug-likeness (QED) is 0.423. The van der Waals surface area contributed by atoms with E-state index < -0.39 is 29.9 Å². The molecule has 1 aliphatic rings. The minimum absolute atomic E-state index is 0.0761. The van der Waals surface area contributed by atoms with Gasteiger partial charge in [0.1, 0.15) is 18.0 Å². The van der Waals surface area contributed by atoms with E-state index in [1.807, 2.05) is 62.4 Å². The van der Waals surface area contributed by atoms with Gasteiger partial charge in [0, 0.05) is 0 Å². The normalized spacial score (nSPS) is 14.9. The van der Waals surface area contributed by atoms with Crippen LogP contribution in [0.3, 0.4) is 0 Å². The standard InChI is InChI=1S/C26H31N3O5/c1-17(2)15-21(29-26(32)33)24(31)27-20(14-13-18-9-5-3-6-10-18)23(30)25-28-22(16-34-25)19-11-7-4-8-12-19/h3,5-7,9-12,16-17,20-21,29H,4,8,13-15H2,1-2H3,(H,27,31)(H,32,33). The number of hydrogen-bond acceptors (Lipinski definition) is 5. The molecule has 0 bridgehead atoms. The van der Waals surface area contributed by atoms with Crippen LogP contribution in [0, 0.1) is 5.92 Å². The lowest BCUT2D eigenvalue weighted by Gasteiger charge is -2.22. The van der Waals surface area contributed by atoms with E-state index in [0.717, 1.165) is 24.0 Å². The highest BCUT2D eigenvalue weighted by Gasteiger charge is 2.30. The number of Topliss-reactive ketones (excluding diaryl/α,β-unsaturated/α-hetero) is 1. The molecule has 0 radical (unpaired) electrons. The van der Waals surface area contributed by atoms with Gasteiger partial charge in [0.2, 0.25) is 11.7 Å². The monoisotopic (exact) mass is 465 g/mol. The molecule has 2 amide bonds. The Bertz CT molecular complexity index is 1060. The number of aromatic nitrogens is 1. The van der Waals surface area contributed by atoms with Crippen molar-refractivity contribution < 1.29 is 23.9 Å². The zero-order valence-corrected chi connectivity index (χ0v) is 19.5. The number of nitrogens with one attached hydrogen (secondary N) is 2. The van der Waals surface area contributed by atoms with Gasteiger partial charge in [-0.1, -0.05) is 62.4 Å². The molecule has 2 aromatic rings. The Labute approximate surface area is 199 Å². The lowest BCUT2D eigenvalue weighted by Crippen LogP contribution is -2.52. The van der Waals surface area contributed by atoms with Gasteiger partial charge in [-0.2, -0.15) is 0 Å². The van der Waals surface area contributed by atoms with Gasteiger partial charge in [0.25, 0.3) is 5.89 Å². The number of benzene rings is 1. The zero-order chi connectivity index (χ0) is 24.5. The first-order valence-corrected chi connectivity index (χ1v) is 11.5. The number of carbonyl (C=O) groups is 3. The summed E-state index contributed by atoms with van der Waals surface area (Å²) in [6, 6.07) is 7.73. The van der Waals surface area contributed by atoms with Crippen LogP contribution in [0.2, 0.25) is 0 Å². The first kappa shape index (κ1) is 25.0. The van der Waals surface area contributed by atoms with Crippen molar-refractivity contribution >= 4 is 23.4 Å². The fraction of sp³-hybridized carbons (Fsp3) is 0.385. The Morgan fingerprint density at radius 1 is 1.09 bits per heavy atom. The summed E-state index contributed by atoms with van der Waals surface area (Å²) in [6.07, 6.45) is 9.19. The zero-order valence-electron chi connectivity index (χ0n) is 19.5. The molecule has 0 spiro atoms. The van der Waals surface area contributed by atoms with Crippen LogP contribution < -0.4 is 10.6 Å². The molecule has 2 unspecified atom stereocenters. The van der Waals surface area contributed by atoms with Gasteiger partial charge in [-0.25, -0.2) is 9.78 Å².